The van der Waals surface area contributed by atoms with E-state index in [0.29, 0.717) is 25.4 Å². The molecule has 0 radical (unpaired) electrons. The second-order valence-corrected chi connectivity index (χ2v) is 4.35. The van der Waals surface area contributed by atoms with Gasteiger partial charge < -0.3 is 20.2 Å². The van der Waals surface area contributed by atoms with Crippen molar-refractivity contribution in [1.29, 1.82) is 0 Å². The lowest BCUT2D eigenvalue weighted by Gasteiger charge is -2.33. The van der Waals surface area contributed by atoms with Crippen molar-refractivity contribution in [2.75, 3.05) is 26.7 Å². The molecule has 0 saturated carbocycles. The zero-order valence-electron chi connectivity index (χ0n) is 10.7. The summed E-state index contributed by atoms with van der Waals surface area (Å²) in [7, 11) is 1.30. The quantitative estimate of drug-likeness (QED) is 0.702. The molecule has 1 fully saturated rings. The number of amides is 1. The maximum atomic E-state index is 11.4. The van der Waals surface area contributed by atoms with Crippen LogP contribution in [0.5, 0.6) is 0 Å². The third-order valence-electron chi connectivity index (χ3n) is 3.09. The second-order valence-electron chi connectivity index (χ2n) is 4.35. The second kappa shape index (κ2) is 5.85. The van der Waals surface area contributed by atoms with Gasteiger partial charge in [0.25, 0.3) is 0 Å². The fourth-order valence-electron chi connectivity index (χ4n) is 2.09. The van der Waals surface area contributed by atoms with Crippen LogP contribution >= 0.6 is 0 Å². The Kier molecular flexibility index (Phi) is 4.18. The minimum absolute atomic E-state index is 0.156. The Bertz CT molecular complexity index is 471. The number of carbonyl (C=O) groups is 2. The number of hydrogen-bond acceptors (Lipinski definition) is 6. The highest BCUT2D eigenvalue weighted by atomic mass is 16.5. The standard InChI is InChI=1S/C12H17N3O4/c1-18-12(17)10-3-2-8(19-10)7-15-5-4-14-6-9(15)11(13)16/h2-3,9,14H,4-7H2,1H3,(H2,13,16). The number of hydrogen-bond donors (Lipinski definition) is 2. The van der Waals surface area contributed by atoms with E-state index < -0.39 is 5.97 Å². The summed E-state index contributed by atoms with van der Waals surface area (Å²) < 4.78 is 9.95. The number of nitrogens with two attached hydrogens (primary N) is 1. The van der Waals surface area contributed by atoms with Crippen LogP contribution in [-0.4, -0.2) is 49.6 Å². The number of primary amides is 1. The van der Waals surface area contributed by atoms with E-state index in [4.69, 9.17) is 10.2 Å². The van der Waals surface area contributed by atoms with E-state index in [1.165, 1.54) is 7.11 Å². The van der Waals surface area contributed by atoms with Gasteiger partial charge in [-0.25, -0.2) is 4.79 Å². The van der Waals surface area contributed by atoms with Crippen LogP contribution in [0.15, 0.2) is 16.5 Å². The number of nitrogens with zero attached hydrogens (tertiary/aromatic N) is 1. The van der Waals surface area contributed by atoms with E-state index in [1.54, 1.807) is 12.1 Å². The number of nitrogens with one attached hydrogen (secondary N) is 1. The minimum Gasteiger partial charge on any atom is -0.463 e. The maximum Gasteiger partial charge on any atom is 0.373 e. The number of ether oxygens (including phenoxy) is 1. The third kappa shape index (κ3) is 3.12. The van der Waals surface area contributed by atoms with E-state index in [9.17, 15) is 9.59 Å². The molecule has 1 aliphatic heterocycles. The molecule has 1 amide bonds. The van der Waals surface area contributed by atoms with Crippen LogP contribution in [0.1, 0.15) is 16.3 Å². The summed E-state index contributed by atoms with van der Waals surface area (Å²) in [6, 6.07) is 2.90. The van der Waals surface area contributed by atoms with Gasteiger partial charge in [-0.15, -0.1) is 0 Å². The molecular formula is C12H17N3O4. The first-order chi connectivity index (χ1) is 9.11. The normalized spacial score (nSPS) is 20.2. The fourth-order valence-corrected chi connectivity index (χ4v) is 2.09. The molecule has 3 N–H and O–H groups in total. The van der Waals surface area contributed by atoms with E-state index in [2.05, 4.69) is 10.1 Å². The Morgan fingerprint density at radius 3 is 3.05 bits per heavy atom. The number of piperazine rings is 1. The summed E-state index contributed by atoms with van der Waals surface area (Å²) in [6.07, 6.45) is 0. The fraction of sp³-hybridized carbons (Fsp3) is 0.500. The van der Waals surface area contributed by atoms with E-state index in [-0.39, 0.29) is 17.7 Å². The van der Waals surface area contributed by atoms with Gasteiger partial charge in [0, 0.05) is 19.6 Å². The van der Waals surface area contributed by atoms with Gasteiger partial charge in [0.1, 0.15) is 11.8 Å². The molecule has 7 heteroatoms. The molecule has 19 heavy (non-hydrogen) atoms. The highest BCUT2D eigenvalue weighted by Gasteiger charge is 2.27. The Morgan fingerprint density at radius 1 is 1.58 bits per heavy atom. The highest BCUT2D eigenvalue weighted by Crippen LogP contribution is 2.14. The van der Waals surface area contributed by atoms with Crippen LogP contribution in [0.3, 0.4) is 0 Å². The zero-order valence-corrected chi connectivity index (χ0v) is 10.7. The van der Waals surface area contributed by atoms with Crippen LogP contribution in [0.2, 0.25) is 0 Å². The molecular weight excluding hydrogens is 250 g/mol. The number of methoxy groups -OCH3 is 1. The van der Waals surface area contributed by atoms with Crippen molar-refractivity contribution in [3.8, 4) is 0 Å². The van der Waals surface area contributed by atoms with Crippen molar-refractivity contribution in [2.45, 2.75) is 12.6 Å². The Hall–Kier alpha value is -1.86. The number of carbonyl (C=O) groups excluding carboxylic acids is 2. The lowest BCUT2D eigenvalue weighted by molar-refractivity contribution is -0.124. The third-order valence-corrected chi connectivity index (χ3v) is 3.09. The molecule has 2 rings (SSSR count). The predicted octanol–water partition coefficient (Wildman–Crippen LogP) is -0.675. The van der Waals surface area contributed by atoms with Crippen LogP contribution < -0.4 is 11.1 Å². The average molecular weight is 267 g/mol. The van der Waals surface area contributed by atoms with Gasteiger partial charge in [0.2, 0.25) is 11.7 Å². The van der Waals surface area contributed by atoms with Gasteiger partial charge in [0.15, 0.2) is 0 Å². The number of esters is 1. The minimum atomic E-state index is -0.516. The summed E-state index contributed by atoms with van der Waals surface area (Å²) in [5.41, 5.74) is 5.36. The molecule has 0 bridgehead atoms. The molecule has 1 aromatic rings. The van der Waals surface area contributed by atoms with E-state index >= 15 is 0 Å². The van der Waals surface area contributed by atoms with Crippen molar-refractivity contribution in [1.82, 2.24) is 10.2 Å². The molecule has 1 unspecified atom stereocenters. The van der Waals surface area contributed by atoms with Crippen LogP contribution in [0.25, 0.3) is 0 Å². The Labute approximate surface area is 110 Å². The van der Waals surface area contributed by atoms with Crippen molar-refractivity contribution in [3.05, 3.63) is 23.7 Å². The Balaban J connectivity index is 2.04. The van der Waals surface area contributed by atoms with Crippen LogP contribution in [0, 0.1) is 0 Å². The summed E-state index contributed by atoms with van der Waals surface area (Å²) in [5.74, 6) is -0.123. The van der Waals surface area contributed by atoms with Gasteiger partial charge in [0.05, 0.1) is 13.7 Å². The van der Waals surface area contributed by atoms with Gasteiger partial charge in [-0.2, -0.15) is 0 Å². The van der Waals surface area contributed by atoms with Gasteiger partial charge in [-0.05, 0) is 12.1 Å². The molecule has 7 nitrogen and oxygen atoms in total. The van der Waals surface area contributed by atoms with Gasteiger partial charge in [-0.1, -0.05) is 0 Å². The van der Waals surface area contributed by atoms with Gasteiger partial charge >= 0.3 is 5.97 Å². The lowest BCUT2D eigenvalue weighted by atomic mass is 10.1. The SMILES string of the molecule is COC(=O)c1ccc(CN2CCNCC2C(N)=O)o1. The summed E-state index contributed by atoms with van der Waals surface area (Å²) >= 11 is 0. The molecule has 2 heterocycles. The highest BCUT2D eigenvalue weighted by molar-refractivity contribution is 5.86. The first-order valence-electron chi connectivity index (χ1n) is 6.03. The van der Waals surface area contributed by atoms with Crippen LogP contribution in [0.4, 0.5) is 0 Å². The Morgan fingerprint density at radius 2 is 2.37 bits per heavy atom. The maximum absolute atomic E-state index is 11.4. The predicted molar refractivity (Wildman–Crippen MR) is 66.3 cm³/mol. The molecule has 0 aromatic carbocycles. The first kappa shape index (κ1) is 13.6. The van der Waals surface area contributed by atoms with E-state index in [0.717, 1.165) is 6.54 Å². The summed E-state index contributed by atoms with van der Waals surface area (Å²) in [5, 5.41) is 3.12. The molecule has 1 aliphatic rings. The number of rotatable bonds is 4. The summed E-state index contributed by atoms with van der Waals surface area (Å²) in [4.78, 5) is 24.6. The smallest absolute Gasteiger partial charge is 0.373 e. The van der Waals surface area contributed by atoms with Crippen molar-refractivity contribution >= 4 is 11.9 Å². The van der Waals surface area contributed by atoms with Crippen molar-refractivity contribution < 1.29 is 18.7 Å². The average Bonchev–Trinajstić information content (AvgIpc) is 2.86. The lowest BCUT2D eigenvalue weighted by Crippen LogP contribution is -2.56. The van der Waals surface area contributed by atoms with Crippen molar-refractivity contribution in [2.24, 2.45) is 5.73 Å². The monoisotopic (exact) mass is 267 g/mol. The summed E-state index contributed by atoms with van der Waals surface area (Å²) in [6.45, 7) is 2.45. The molecule has 0 spiro atoms. The largest absolute Gasteiger partial charge is 0.463 e. The zero-order chi connectivity index (χ0) is 13.8. The van der Waals surface area contributed by atoms with Gasteiger partial charge in [-0.3, -0.25) is 9.69 Å². The van der Waals surface area contributed by atoms with Crippen LogP contribution in [-0.2, 0) is 16.1 Å². The molecule has 1 saturated heterocycles. The molecule has 0 aliphatic carbocycles. The topological polar surface area (TPSA) is 97.8 Å². The first-order valence-corrected chi connectivity index (χ1v) is 6.03. The molecule has 1 atom stereocenters. The molecule has 1 aromatic heterocycles. The van der Waals surface area contributed by atoms with Crippen molar-refractivity contribution in [3.63, 3.8) is 0 Å². The van der Waals surface area contributed by atoms with E-state index in [1.807, 2.05) is 4.90 Å². The molecule has 104 valence electrons. The number of furan rings is 1.